The molecule has 0 aromatic heterocycles. The summed E-state index contributed by atoms with van der Waals surface area (Å²) in [6, 6.07) is 12.2. The van der Waals surface area contributed by atoms with E-state index >= 15 is 0 Å². The Bertz CT molecular complexity index is 1170. The Kier molecular flexibility index (Phi) is 8.92. The van der Waals surface area contributed by atoms with Crippen LogP contribution >= 0.6 is 12.6 Å². The lowest BCUT2D eigenvalue weighted by Gasteiger charge is -2.27. The topological polar surface area (TPSA) is 113 Å². The second kappa shape index (κ2) is 11.7. The van der Waals surface area contributed by atoms with E-state index in [-0.39, 0.29) is 25.4 Å². The molecule has 1 N–H and O–H groups in total. The predicted octanol–water partition coefficient (Wildman–Crippen LogP) is 2.54. The van der Waals surface area contributed by atoms with Gasteiger partial charge in [-0.25, -0.2) is 13.2 Å². The third-order valence-corrected chi connectivity index (χ3v) is 7.72. The van der Waals surface area contributed by atoms with Crippen LogP contribution in [0.25, 0.3) is 0 Å². The molecular formula is C24H29N3O6S2. The summed E-state index contributed by atoms with van der Waals surface area (Å²) in [6.07, 6.45) is 0.965. The number of rotatable bonds is 9. The highest BCUT2D eigenvalue weighted by Gasteiger charge is 2.40. The van der Waals surface area contributed by atoms with Gasteiger partial charge in [-0.3, -0.25) is 9.59 Å². The average molecular weight is 520 g/mol. The first-order chi connectivity index (χ1) is 16.6. The van der Waals surface area contributed by atoms with Gasteiger partial charge in [-0.15, -0.1) is 12.6 Å². The van der Waals surface area contributed by atoms with Gasteiger partial charge >= 0.3 is 5.97 Å². The monoisotopic (exact) mass is 519 g/mol. The standard InChI is InChI=1S/C24H29N3O6S2/c1-3-33-24(30)18-8-10-19(11-9-18)25-22(28)15-26(2)23(29)21-5-4-14-27(21)35(31,32)16-17-6-12-20(34)13-7-17/h6-13,21,34H,3-5,14-16H2,1-2H3,(H,25,28). The Balaban J connectivity index is 1.59. The summed E-state index contributed by atoms with van der Waals surface area (Å²) < 4.78 is 32.2. The first-order valence-electron chi connectivity index (χ1n) is 11.2. The Labute approximate surface area is 210 Å². The van der Waals surface area contributed by atoms with Gasteiger partial charge in [0.05, 0.1) is 24.5 Å². The molecule has 0 bridgehead atoms. The zero-order chi connectivity index (χ0) is 25.6. The maximum Gasteiger partial charge on any atom is 0.338 e. The molecule has 1 saturated heterocycles. The first kappa shape index (κ1) is 26.7. The molecule has 11 heteroatoms. The zero-order valence-electron chi connectivity index (χ0n) is 19.6. The summed E-state index contributed by atoms with van der Waals surface area (Å²) in [5, 5.41) is 2.67. The van der Waals surface area contributed by atoms with Gasteiger partial charge in [0.15, 0.2) is 0 Å². The zero-order valence-corrected chi connectivity index (χ0v) is 21.3. The molecule has 1 aliphatic heterocycles. The number of nitrogens with one attached hydrogen (secondary N) is 1. The lowest BCUT2D eigenvalue weighted by Crippen LogP contribution is -2.48. The summed E-state index contributed by atoms with van der Waals surface area (Å²) >= 11 is 4.21. The van der Waals surface area contributed by atoms with Crippen molar-refractivity contribution >= 4 is 46.1 Å². The van der Waals surface area contributed by atoms with Crippen LogP contribution in [-0.4, -0.2) is 68.2 Å². The van der Waals surface area contributed by atoms with Crippen LogP contribution in [0.3, 0.4) is 0 Å². The maximum absolute atomic E-state index is 13.0. The van der Waals surface area contributed by atoms with E-state index in [1.54, 1.807) is 43.3 Å². The molecule has 0 aliphatic carbocycles. The number of hydrogen-bond donors (Lipinski definition) is 2. The number of nitrogens with zero attached hydrogens (tertiary/aromatic N) is 2. The fraction of sp³-hybridized carbons (Fsp3) is 0.375. The van der Waals surface area contributed by atoms with Crippen molar-refractivity contribution in [2.75, 3.05) is 32.1 Å². The van der Waals surface area contributed by atoms with E-state index in [2.05, 4.69) is 17.9 Å². The molecular weight excluding hydrogens is 490 g/mol. The number of hydrogen-bond acceptors (Lipinski definition) is 7. The molecule has 1 unspecified atom stereocenters. The molecule has 2 aromatic carbocycles. The normalized spacial score (nSPS) is 16.0. The second-order valence-electron chi connectivity index (χ2n) is 8.23. The predicted molar refractivity (Wildman–Crippen MR) is 135 cm³/mol. The molecule has 0 spiro atoms. The van der Waals surface area contributed by atoms with Crippen LogP contribution in [0.1, 0.15) is 35.7 Å². The highest BCUT2D eigenvalue weighted by molar-refractivity contribution is 7.88. The largest absolute Gasteiger partial charge is 0.462 e. The molecule has 1 atom stereocenters. The van der Waals surface area contributed by atoms with Crippen LogP contribution in [0, 0.1) is 0 Å². The van der Waals surface area contributed by atoms with Gasteiger partial charge in [-0.05, 0) is 61.7 Å². The number of ether oxygens (including phenoxy) is 1. The number of carbonyl (C=O) groups excluding carboxylic acids is 3. The number of carbonyl (C=O) groups is 3. The van der Waals surface area contributed by atoms with Crippen LogP contribution in [0.5, 0.6) is 0 Å². The minimum atomic E-state index is -3.72. The van der Waals surface area contributed by atoms with Gasteiger partial charge in [0.25, 0.3) is 0 Å². The Morgan fingerprint density at radius 2 is 1.77 bits per heavy atom. The Hall–Kier alpha value is -2.89. The van der Waals surface area contributed by atoms with Gasteiger partial charge in [-0.2, -0.15) is 4.31 Å². The van der Waals surface area contributed by atoms with Crippen LogP contribution in [-0.2, 0) is 30.1 Å². The maximum atomic E-state index is 13.0. The van der Waals surface area contributed by atoms with E-state index in [1.807, 2.05) is 0 Å². The third-order valence-electron chi connectivity index (χ3n) is 5.57. The minimum Gasteiger partial charge on any atom is -0.462 e. The Morgan fingerprint density at radius 1 is 1.11 bits per heavy atom. The minimum absolute atomic E-state index is 0.211. The van der Waals surface area contributed by atoms with Crippen molar-refractivity contribution in [2.24, 2.45) is 0 Å². The molecule has 1 fully saturated rings. The SMILES string of the molecule is CCOC(=O)c1ccc(NC(=O)CN(C)C(=O)C2CCCN2S(=O)(=O)Cc2ccc(S)cc2)cc1. The van der Waals surface area contributed by atoms with E-state index in [1.165, 1.54) is 28.4 Å². The molecule has 35 heavy (non-hydrogen) atoms. The summed E-state index contributed by atoms with van der Waals surface area (Å²) in [5.74, 6) is -1.53. The van der Waals surface area contributed by atoms with Crippen molar-refractivity contribution in [3.63, 3.8) is 0 Å². The van der Waals surface area contributed by atoms with Crippen LogP contribution in [0.15, 0.2) is 53.4 Å². The van der Waals surface area contributed by atoms with Gasteiger partial charge in [0.1, 0.15) is 6.04 Å². The van der Waals surface area contributed by atoms with Crippen molar-refractivity contribution in [3.8, 4) is 0 Å². The van der Waals surface area contributed by atoms with Crippen molar-refractivity contribution in [1.82, 2.24) is 9.21 Å². The highest BCUT2D eigenvalue weighted by atomic mass is 32.2. The summed E-state index contributed by atoms with van der Waals surface area (Å²) in [6.45, 7) is 2.00. The van der Waals surface area contributed by atoms with E-state index < -0.39 is 33.8 Å². The van der Waals surface area contributed by atoms with Gasteiger partial charge in [0.2, 0.25) is 21.8 Å². The van der Waals surface area contributed by atoms with Crippen molar-refractivity contribution < 1.29 is 27.5 Å². The number of likely N-dealkylation sites (N-methyl/N-ethyl adjacent to an activating group) is 1. The molecule has 2 aromatic rings. The smallest absolute Gasteiger partial charge is 0.338 e. The molecule has 188 valence electrons. The number of anilines is 1. The molecule has 0 radical (unpaired) electrons. The van der Waals surface area contributed by atoms with Gasteiger partial charge in [-0.1, -0.05) is 12.1 Å². The van der Waals surface area contributed by atoms with Crippen molar-refractivity contribution in [3.05, 3.63) is 59.7 Å². The Morgan fingerprint density at radius 3 is 2.40 bits per heavy atom. The van der Waals surface area contributed by atoms with E-state index in [0.29, 0.717) is 29.7 Å². The molecule has 3 rings (SSSR count). The number of esters is 1. The number of amides is 2. The van der Waals surface area contributed by atoms with Crippen LogP contribution in [0.2, 0.25) is 0 Å². The third kappa shape index (κ3) is 7.06. The average Bonchev–Trinajstić information content (AvgIpc) is 3.31. The summed E-state index contributed by atoms with van der Waals surface area (Å²) in [4.78, 5) is 39.2. The molecule has 1 aliphatic rings. The summed E-state index contributed by atoms with van der Waals surface area (Å²) in [7, 11) is -2.25. The lowest BCUT2D eigenvalue weighted by atomic mass is 10.2. The molecule has 1 heterocycles. The fourth-order valence-corrected chi connectivity index (χ4v) is 5.78. The van der Waals surface area contributed by atoms with Gasteiger partial charge in [0, 0.05) is 24.2 Å². The van der Waals surface area contributed by atoms with Crippen LogP contribution in [0.4, 0.5) is 5.69 Å². The first-order valence-corrected chi connectivity index (χ1v) is 13.3. The van der Waals surface area contributed by atoms with Crippen LogP contribution < -0.4 is 5.32 Å². The summed E-state index contributed by atoms with van der Waals surface area (Å²) in [5.41, 5.74) is 1.44. The van der Waals surface area contributed by atoms with Gasteiger partial charge < -0.3 is 15.0 Å². The second-order valence-corrected chi connectivity index (χ2v) is 10.7. The molecule has 9 nitrogen and oxygen atoms in total. The van der Waals surface area contributed by atoms with Crippen molar-refractivity contribution in [2.45, 2.75) is 36.5 Å². The van der Waals surface area contributed by atoms with E-state index in [4.69, 9.17) is 4.74 Å². The van der Waals surface area contributed by atoms with Crippen molar-refractivity contribution in [1.29, 1.82) is 0 Å². The quantitative estimate of drug-likeness (QED) is 0.389. The van der Waals surface area contributed by atoms with E-state index in [0.717, 1.165) is 4.90 Å². The number of benzene rings is 2. The number of thiol groups is 1. The van der Waals surface area contributed by atoms with E-state index in [9.17, 15) is 22.8 Å². The highest BCUT2D eigenvalue weighted by Crippen LogP contribution is 2.25. The number of sulfonamides is 1. The molecule has 2 amide bonds. The lowest BCUT2D eigenvalue weighted by molar-refractivity contribution is -0.136. The fourth-order valence-electron chi connectivity index (χ4n) is 3.86. The molecule has 0 saturated carbocycles.